The maximum absolute atomic E-state index is 11.7. The molecule has 2 fully saturated rings. The fraction of sp³-hybridized carbons (Fsp3) is 0.611. The monoisotopic (exact) mass is 353 g/mol. The molecule has 0 aromatic heterocycles. The summed E-state index contributed by atoms with van der Waals surface area (Å²) in [5, 5.41) is 9.98. The van der Waals surface area contributed by atoms with Crippen molar-refractivity contribution < 1.29 is 9.53 Å². The molecule has 0 radical (unpaired) electrons. The van der Waals surface area contributed by atoms with Crippen molar-refractivity contribution >= 4 is 18.3 Å². The molecule has 5 nitrogen and oxygen atoms in total. The highest BCUT2D eigenvalue weighted by molar-refractivity contribution is 5.94. The Balaban J connectivity index is 0.00000208. The summed E-state index contributed by atoms with van der Waals surface area (Å²) in [6.07, 6.45) is 3.76. The Morgan fingerprint density at radius 1 is 1.38 bits per heavy atom. The highest BCUT2D eigenvalue weighted by Gasteiger charge is 2.34. The number of carbonyl (C=O) groups excluding carboxylic acids is 1. The van der Waals surface area contributed by atoms with Crippen molar-refractivity contribution in [1.29, 1.82) is 0 Å². The molecule has 134 valence electrons. The number of morpholine rings is 1. The van der Waals surface area contributed by atoms with Crippen molar-refractivity contribution in [3.63, 3.8) is 0 Å². The smallest absolute Gasteiger partial charge is 0.251 e. The van der Waals surface area contributed by atoms with E-state index in [-0.39, 0.29) is 18.3 Å². The number of amides is 1. The van der Waals surface area contributed by atoms with Gasteiger partial charge in [-0.05, 0) is 36.5 Å². The summed E-state index contributed by atoms with van der Waals surface area (Å²) >= 11 is 0. The Labute approximate surface area is 150 Å². The van der Waals surface area contributed by atoms with E-state index in [1.807, 2.05) is 18.2 Å². The van der Waals surface area contributed by atoms with E-state index >= 15 is 0 Å². The third kappa shape index (κ3) is 4.70. The Kier molecular flexibility index (Phi) is 7.49. The Hall–Kier alpha value is -1.14. The van der Waals surface area contributed by atoms with E-state index in [0.29, 0.717) is 18.0 Å². The van der Waals surface area contributed by atoms with Gasteiger partial charge in [0.05, 0.1) is 13.2 Å². The van der Waals surface area contributed by atoms with E-state index in [2.05, 4.69) is 22.0 Å². The highest BCUT2D eigenvalue weighted by atomic mass is 35.5. The molecule has 1 saturated heterocycles. The Morgan fingerprint density at radius 3 is 3.00 bits per heavy atom. The lowest BCUT2D eigenvalue weighted by atomic mass is 9.94. The predicted molar refractivity (Wildman–Crippen MR) is 97.7 cm³/mol. The van der Waals surface area contributed by atoms with Crippen LogP contribution in [0.2, 0.25) is 0 Å². The van der Waals surface area contributed by atoms with Crippen LogP contribution >= 0.6 is 12.4 Å². The molecule has 1 heterocycles. The lowest BCUT2D eigenvalue weighted by molar-refractivity contribution is 0.0524. The number of benzene rings is 1. The zero-order chi connectivity index (χ0) is 16.1. The summed E-state index contributed by atoms with van der Waals surface area (Å²) in [6.45, 7) is 3.42. The van der Waals surface area contributed by atoms with Crippen molar-refractivity contribution in [2.45, 2.75) is 37.9 Å². The van der Waals surface area contributed by atoms with Gasteiger partial charge in [0, 0.05) is 37.8 Å². The van der Waals surface area contributed by atoms with Gasteiger partial charge in [0.15, 0.2) is 0 Å². The largest absolute Gasteiger partial charge is 0.379 e. The van der Waals surface area contributed by atoms with Crippen molar-refractivity contribution in [2.75, 3.05) is 26.8 Å². The van der Waals surface area contributed by atoms with Gasteiger partial charge < -0.3 is 20.7 Å². The maximum atomic E-state index is 11.7. The SMILES string of the molecule is CNC(=O)c1cccc(CNC2CCCC2C2COCCN2)c1.Cl. The first-order chi connectivity index (χ1) is 11.3. The van der Waals surface area contributed by atoms with Gasteiger partial charge in [-0.25, -0.2) is 0 Å². The molecule has 1 saturated carbocycles. The number of hydrogen-bond acceptors (Lipinski definition) is 4. The number of hydrogen-bond donors (Lipinski definition) is 3. The molecule has 1 aromatic carbocycles. The minimum Gasteiger partial charge on any atom is -0.379 e. The molecule has 3 N–H and O–H groups in total. The molecule has 1 aromatic rings. The lowest BCUT2D eigenvalue weighted by Gasteiger charge is -2.33. The maximum Gasteiger partial charge on any atom is 0.251 e. The van der Waals surface area contributed by atoms with Crippen LogP contribution in [-0.4, -0.2) is 44.8 Å². The first-order valence-corrected chi connectivity index (χ1v) is 8.63. The molecule has 1 amide bonds. The summed E-state index contributed by atoms with van der Waals surface area (Å²) in [6, 6.07) is 8.84. The molecular weight excluding hydrogens is 326 g/mol. The zero-order valence-electron chi connectivity index (χ0n) is 14.2. The minimum atomic E-state index is -0.0332. The molecule has 1 aliphatic carbocycles. The highest BCUT2D eigenvalue weighted by Crippen LogP contribution is 2.29. The molecule has 6 heteroatoms. The summed E-state index contributed by atoms with van der Waals surface area (Å²) < 4.78 is 5.63. The first kappa shape index (κ1) is 19.2. The summed E-state index contributed by atoms with van der Waals surface area (Å²) in [4.78, 5) is 11.7. The van der Waals surface area contributed by atoms with E-state index in [9.17, 15) is 4.79 Å². The van der Waals surface area contributed by atoms with Crippen LogP contribution in [0.1, 0.15) is 35.2 Å². The van der Waals surface area contributed by atoms with Gasteiger partial charge in [0.25, 0.3) is 5.91 Å². The lowest BCUT2D eigenvalue weighted by Crippen LogP contribution is -2.50. The second-order valence-electron chi connectivity index (χ2n) is 6.50. The van der Waals surface area contributed by atoms with Crippen LogP contribution in [0.15, 0.2) is 24.3 Å². The van der Waals surface area contributed by atoms with Crippen LogP contribution < -0.4 is 16.0 Å². The van der Waals surface area contributed by atoms with E-state index in [1.165, 1.54) is 19.3 Å². The van der Waals surface area contributed by atoms with Crippen LogP contribution in [-0.2, 0) is 11.3 Å². The van der Waals surface area contributed by atoms with Crippen LogP contribution in [0.4, 0.5) is 0 Å². The standard InChI is InChI=1S/C18H27N3O2.ClH/c1-19-18(22)14-5-2-4-13(10-14)11-21-16-7-3-6-15(16)17-12-23-9-8-20-17;/h2,4-5,10,15-17,20-21H,3,6-9,11-12H2,1H3,(H,19,22);1H. The summed E-state index contributed by atoms with van der Waals surface area (Å²) in [5.41, 5.74) is 1.88. The Morgan fingerprint density at radius 2 is 2.25 bits per heavy atom. The van der Waals surface area contributed by atoms with E-state index in [4.69, 9.17) is 4.74 Å². The average Bonchev–Trinajstić information content (AvgIpc) is 3.09. The number of rotatable bonds is 5. The van der Waals surface area contributed by atoms with Crippen molar-refractivity contribution in [2.24, 2.45) is 5.92 Å². The molecule has 24 heavy (non-hydrogen) atoms. The molecule has 2 aliphatic rings. The van der Waals surface area contributed by atoms with Crippen LogP contribution in [0.25, 0.3) is 0 Å². The number of ether oxygens (including phenoxy) is 1. The fourth-order valence-corrected chi connectivity index (χ4v) is 3.80. The van der Waals surface area contributed by atoms with Gasteiger partial charge in [0.1, 0.15) is 0 Å². The Bertz CT molecular complexity index is 535. The minimum absolute atomic E-state index is 0. The zero-order valence-corrected chi connectivity index (χ0v) is 15.0. The normalized spacial score (nSPS) is 26.6. The third-order valence-electron chi connectivity index (χ3n) is 5.02. The molecule has 0 bridgehead atoms. The number of nitrogens with one attached hydrogen (secondary N) is 3. The van der Waals surface area contributed by atoms with Gasteiger partial charge in [-0.15, -0.1) is 12.4 Å². The van der Waals surface area contributed by atoms with Crippen LogP contribution in [0.3, 0.4) is 0 Å². The van der Waals surface area contributed by atoms with Crippen LogP contribution in [0.5, 0.6) is 0 Å². The molecular formula is C18H28ClN3O2. The second kappa shape index (κ2) is 9.37. The van der Waals surface area contributed by atoms with Crippen molar-refractivity contribution in [3.05, 3.63) is 35.4 Å². The summed E-state index contributed by atoms with van der Waals surface area (Å²) in [7, 11) is 1.66. The third-order valence-corrected chi connectivity index (χ3v) is 5.02. The van der Waals surface area contributed by atoms with Crippen molar-refractivity contribution in [1.82, 2.24) is 16.0 Å². The number of carbonyl (C=O) groups is 1. The number of halogens is 1. The topological polar surface area (TPSA) is 62.4 Å². The quantitative estimate of drug-likeness (QED) is 0.754. The van der Waals surface area contributed by atoms with Crippen molar-refractivity contribution in [3.8, 4) is 0 Å². The average molecular weight is 354 g/mol. The first-order valence-electron chi connectivity index (χ1n) is 8.63. The second-order valence-corrected chi connectivity index (χ2v) is 6.50. The van der Waals surface area contributed by atoms with E-state index in [1.54, 1.807) is 7.05 Å². The van der Waals surface area contributed by atoms with Gasteiger partial charge >= 0.3 is 0 Å². The molecule has 3 atom stereocenters. The van der Waals surface area contributed by atoms with Crippen LogP contribution in [0, 0.1) is 5.92 Å². The van der Waals surface area contributed by atoms with E-state index < -0.39 is 0 Å². The molecule has 1 aliphatic heterocycles. The molecule has 3 unspecified atom stereocenters. The summed E-state index contributed by atoms with van der Waals surface area (Å²) in [5.74, 6) is 0.603. The molecule has 0 spiro atoms. The molecule has 3 rings (SSSR count). The van der Waals surface area contributed by atoms with Gasteiger partial charge in [-0.1, -0.05) is 18.6 Å². The fourth-order valence-electron chi connectivity index (χ4n) is 3.80. The van der Waals surface area contributed by atoms with Gasteiger partial charge in [-0.2, -0.15) is 0 Å². The predicted octanol–water partition coefficient (Wildman–Crippen LogP) is 1.71. The van der Waals surface area contributed by atoms with Gasteiger partial charge in [-0.3, -0.25) is 4.79 Å². The van der Waals surface area contributed by atoms with E-state index in [0.717, 1.165) is 37.4 Å². The van der Waals surface area contributed by atoms with Gasteiger partial charge in [0.2, 0.25) is 0 Å².